The first-order valence-corrected chi connectivity index (χ1v) is 9.22. The molecule has 26 heavy (non-hydrogen) atoms. The minimum Gasteiger partial charge on any atom is -0.351 e. The lowest BCUT2D eigenvalue weighted by Gasteiger charge is -2.32. The summed E-state index contributed by atoms with van der Waals surface area (Å²) in [6, 6.07) is 6.90. The Labute approximate surface area is 154 Å². The van der Waals surface area contributed by atoms with Crippen LogP contribution in [0.1, 0.15) is 28.1 Å². The molecule has 2 heterocycles. The molecule has 1 aliphatic heterocycles. The lowest BCUT2D eigenvalue weighted by atomic mass is 9.98. The fourth-order valence-electron chi connectivity index (χ4n) is 2.87. The van der Waals surface area contributed by atoms with E-state index in [4.69, 9.17) is 0 Å². The summed E-state index contributed by atoms with van der Waals surface area (Å²) in [5.74, 6) is -2.87. The van der Waals surface area contributed by atoms with E-state index >= 15 is 0 Å². The number of rotatable bonds is 5. The molecule has 0 aliphatic carbocycles. The molecule has 0 radical (unpaired) electrons. The number of hydrogen-bond donors (Lipinski definition) is 2. The smallest absolute Gasteiger partial charge is 0.265 e. The summed E-state index contributed by atoms with van der Waals surface area (Å²) in [7, 11) is 0. The maximum atomic E-state index is 13.3. The normalized spacial score (nSPS) is 17.7. The van der Waals surface area contributed by atoms with Crippen LogP contribution in [0.25, 0.3) is 0 Å². The van der Waals surface area contributed by atoms with Crippen LogP contribution in [-0.4, -0.2) is 29.9 Å². The summed E-state index contributed by atoms with van der Waals surface area (Å²) in [5, 5.41) is 6.53. The third-order valence-corrected chi connectivity index (χ3v) is 5.13. The predicted octanol–water partition coefficient (Wildman–Crippen LogP) is 2.70. The van der Waals surface area contributed by atoms with E-state index in [0.29, 0.717) is 19.6 Å². The summed E-state index contributed by atoms with van der Waals surface area (Å²) in [6.07, 6.45) is 1.50. The van der Waals surface area contributed by atoms with E-state index in [1.54, 1.807) is 16.3 Å². The summed E-state index contributed by atoms with van der Waals surface area (Å²) in [6.45, 7) is 1.48. The highest BCUT2D eigenvalue weighted by Crippen LogP contribution is 2.17. The van der Waals surface area contributed by atoms with Gasteiger partial charge in [-0.05, 0) is 42.5 Å². The van der Waals surface area contributed by atoms with Gasteiger partial charge in [-0.1, -0.05) is 6.07 Å². The fourth-order valence-corrected chi connectivity index (χ4v) is 3.51. The van der Waals surface area contributed by atoms with Crippen molar-refractivity contribution >= 4 is 23.2 Å². The molecule has 1 aromatic heterocycles. The molecule has 1 unspecified atom stereocenters. The number of nitrogens with one attached hydrogen (secondary N) is 2. The van der Waals surface area contributed by atoms with E-state index < -0.39 is 17.5 Å². The van der Waals surface area contributed by atoms with Crippen molar-refractivity contribution in [1.29, 1.82) is 0 Å². The van der Waals surface area contributed by atoms with Gasteiger partial charge in [0.2, 0.25) is 5.91 Å². The summed E-state index contributed by atoms with van der Waals surface area (Å²) in [4.78, 5) is 25.6. The topological polar surface area (TPSA) is 61.4 Å². The Hall–Kier alpha value is -2.32. The molecule has 0 spiro atoms. The van der Waals surface area contributed by atoms with E-state index in [9.17, 15) is 18.4 Å². The lowest BCUT2D eigenvalue weighted by molar-refractivity contribution is -0.127. The Morgan fingerprint density at radius 3 is 2.81 bits per heavy atom. The highest BCUT2D eigenvalue weighted by molar-refractivity contribution is 7.09. The second-order valence-electron chi connectivity index (χ2n) is 6.15. The molecule has 0 saturated carbocycles. The van der Waals surface area contributed by atoms with Crippen LogP contribution < -0.4 is 10.7 Å². The van der Waals surface area contributed by atoms with Crippen molar-refractivity contribution in [1.82, 2.24) is 15.8 Å². The Balaban J connectivity index is 1.53. The minimum atomic E-state index is -1.07. The van der Waals surface area contributed by atoms with Crippen molar-refractivity contribution in [2.45, 2.75) is 19.4 Å². The van der Waals surface area contributed by atoms with Gasteiger partial charge in [0.15, 0.2) is 11.6 Å². The van der Waals surface area contributed by atoms with Crippen LogP contribution in [0.5, 0.6) is 0 Å². The molecule has 1 fully saturated rings. The van der Waals surface area contributed by atoms with Gasteiger partial charge in [0.1, 0.15) is 0 Å². The molecule has 0 bridgehead atoms. The number of carbonyl (C=O) groups is 2. The summed E-state index contributed by atoms with van der Waals surface area (Å²) in [5.41, 5.74) is 2.70. The minimum absolute atomic E-state index is 0.0353. The van der Waals surface area contributed by atoms with Gasteiger partial charge in [0, 0.05) is 23.5 Å². The molecule has 3 rings (SSSR count). The second kappa shape index (κ2) is 8.37. The SMILES string of the molecule is O=C(NN1CCCC(C(=O)NCc2cccs2)C1)c1ccc(F)c(F)c1. The number of thiophene rings is 1. The third kappa shape index (κ3) is 4.64. The monoisotopic (exact) mass is 379 g/mol. The van der Waals surface area contributed by atoms with E-state index in [-0.39, 0.29) is 17.4 Å². The van der Waals surface area contributed by atoms with E-state index in [1.165, 1.54) is 6.07 Å². The number of carbonyl (C=O) groups excluding carboxylic acids is 2. The van der Waals surface area contributed by atoms with Gasteiger partial charge in [0.25, 0.3) is 5.91 Å². The Kier molecular flexibility index (Phi) is 5.95. The number of benzene rings is 1. The number of amides is 2. The molecular formula is C18H19F2N3O2S. The van der Waals surface area contributed by atoms with Gasteiger partial charge < -0.3 is 5.32 Å². The first kappa shape index (κ1) is 18.5. The molecule has 1 atom stereocenters. The molecule has 2 N–H and O–H groups in total. The molecule has 1 aliphatic rings. The van der Waals surface area contributed by atoms with Crippen molar-refractivity contribution in [2.75, 3.05) is 13.1 Å². The van der Waals surface area contributed by atoms with Gasteiger partial charge in [-0.2, -0.15) is 0 Å². The number of nitrogens with zero attached hydrogens (tertiary/aromatic N) is 1. The largest absolute Gasteiger partial charge is 0.351 e. The number of piperidine rings is 1. The van der Waals surface area contributed by atoms with Gasteiger partial charge >= 0.3 is 0 Å². The zero-order chi connectivity index (χ0) is 18.5. The molecule has 5 nitrogen and oxygen atoms in total. The quantitative estimate of drug-likeness (QED) is 0.840. The Morgan fingerprint density at radius 1 is 1.23 bits per heavy atom. The standard InChI is InChI=1S/C18H19F2N3O2S/c19-15-6-5-12(9-16(15)20)18(25)22-23-7-1-3-13(11-23)17(24)21-10-14-4-2-8-26-14/h2,4-6,8-9,13H,1,3,7,10-11H2,(H,21,24)(H,22,25). The van der Waals surface area contributed by atoms with Gasteiger partial charge in [-0.15, -0.1) is 11.3 Å². The van der Waals surface area contributed by atoms with Crippen LogP contribution in [0.2, 0.25) is 0 Å². The van der Waals surface area contributed by atoms with Crippen molar-refractivity contribution in [2.24, 2.45) is 5.92 Å². The van der Waals surface area contributed by atoms with Gasteiger partial charge in [-0.25, -0.2) is 13.8 Å². The Bertz CT molecular complexity index is 783. The maximum Gasteiger partial charge on any atom is 0.265 e. The van der Waals surface area contributed by atoms with Gasteiger partial charge in [-0.3, -0.25) is 15.0 Å². The van der Waals surface area contributed by atoms with Crippen molar-refractivity contribution in [3.8, 4) is 0 Å². The van der Waals surface area contributed by atoms with E-state index in [0.717, 1.165) is 29.9 Å². The molecule has 138 valence electrons. The molecule has 1 aromatic carbocycles. The maximum absolute atomic E-state index is 13.3. The number of hydrogen-bond acceptors (Lipinski definition) is 4. The zero-order valence-corrected chi connectivity index (χ0v) is 14.8. The molecule has 8 heteroatoms. The second-order valence-corrected chi connectivity index (χ2v) is 7.18. The third-order valence-electron chi connectivity index (χ3n) is 4.25. The zero-order valence-electron chi connectivity index (χ0n) is 14.0. The van der Waals surface area contributed by atoms with Crippen LogP contribution in [0.4, 0.5) is 8.78 Å². The number of halogens is 2. The first-order valence-electron chi connectivity index (χ1n) is 8.34. The molecular weight excluding hydrogens is 360 g/mol. The first-order chi connectivity index (χ1) is 12.5. The van der Waals surface area contributed by atoms with Crippen LogP contribution >= 0.6 is 11.3 Å². The predicted molar refractivity (Wildman–Crippen MR) is 94.3 cm³/mol. The highest BCUT2D eigenvalue weighted by atomic mass is 32.1. The van der Waals surface area contributed by atoms with Crippen molar-refractivity contribution in [3.05, 3.63) is 57.8 Å². The highest BCUT2D eigenvalue weighted by Gasteiger charge is 2.27. The Morgan fingerprint density at radius 2 is 2.08 bits per heavy atom. The van der Waals surface area contributed by atoms with E-state index in [2.05, 4.69) is 10.7 Å². The summed E-state index contributed by atoms with van der Waals surface area (Å²) < 4.78 is 26.2. The molecule has 2 amide bonds. The van der Waals surface area contributed by atoms with Crippen LogP contribution in [0.3, 0.4) is 0 Å². The lowest BCUT2D eigenvalue weighted by Crippen LogP contribution is -2.50. The van der Waals surface area contributed by atoms with Crippen LogP contribution in [-0.2, 0) is 11.3 Å². The summed E-state index contributed by atoms with van der Waals surface area (Å²) >= 11 is 1.58. The van der Waals surface area contributed by atoms with Crippen molar-refractivity contribution in [3.63, 3.8) is 0 Å². The van der Waals surface area contributed by atoms with Crippen LogP contribution in [0.15, 0.2) is 35.7 Å². The van der Waals surface area contributed by atoms with Crippen LogP contribution in [0, 0.1) is 17.6 Å². The van der Waals surface area contributed by atoms with Gasteiger partial charge in [0.05, 0.1) is 12.5 Å². The average molecular weight is 379 g/mol. The van der Waals surface area contributed by atoms with Crippen molar-refractivity contribution < 1.29 is 18.4 Å². The average Bonchev–Trinajstić information content (AvgIpc) is 3.15. The number of hydrazine groups is 1. The molecule has 1 saturated heterocycles. The fraction of sp³-hybridized carbons (Fsp3) is 0.333. The van der Waals surface area contributed by atoms with E-state index in [1.807, 2.05) is 17.5 Å². The molecule has 2 aromatic rings.